The van der Waals surface area contributed by atoms with Gasteiger partial charge in [-0.3, -0.25) is 4.98 Å². The molecule has 140 valence electrons. The maximum Gasteiger partial charge on any atom is 0.404 e. The Balaban J connectivity index is 1.94. The first-order valence-electron chi connectivity index (χ1n) is 8.14. The van der Waals surface area contributed by atoms with Crippen molar-refractivity contribution in [3.05, 3.63) is 48.2 Å². The monoisotopic (exact) mass is 368 g/mol. The number of nitrogens with two attached hydrogens (primary N) is 1. The van der Waals surface area contributed by atoms with Crippen molar-refractivity contribution in [2.45, 2.75) is 6.54 Å². The molecule has 0 aliphatic rings. The van der Waals surface area contributed by atoms with Crippen molar-refractivity contribution < 1.29 is 19.4 Å². The molecule has 3 rings (SSSR count). The molecule has 8 nitrogen and oxygen atoms in total. The van der Waals surface area contributed by atoms with Crippen molar-refractivity contribution in [2.24, 2.45) is 0 Å². The number of benzene rings is 2. The maximum absolute atomic E-state index is 10.6. The molecule has 0 radical (unpaired) electrons. The molecule has 5 N–H and O–H groups in total. The average Bonchev–Trinajstić information content (AvgIpc) is 2.68. The molecule has 27 heavy (non-hydrogen) atoms. The van der Waals surface area contributed by atoms with Crippen LogP contribution in [-0.4, -0.2) is 30.4 Å². The lowest BCUT2D eigenvalue weighted by Crippen LogP contribution is -2.19. The third kappa shape index (κ3) is 3.95. The second kappa shape index (κ2) is 7.69. The zero-order valence-electron chi connectivity index (χ0n) is 14.9. The normalized spacial score (nSPS) is 10.4. The number of nitrogen functional groups attached to an aromatic ring is 1. The lowest BCUT2D eigenvalue weighted by Gasteiger charge is -2.15. The molecule has 0 atom stereocenters. The molecule has 0 fully saturated rings. The van der Waals surface area contributed by atoms with E-state index in [-0.39, 0.29) is 6.54 Å². The van der Waals surface area contributed by atoms with Crippen molar-refractivity contribution in [3.63, 3.8) is 0 Å². The Morgan fingerprint density at radius 1 is 1.15 bits per heavy atom. The Morgan fingerprint density at radius 3 is 2.44 bits per heavy atom. The number of amides is 1. The highest BCUT2D eigenvalue weighted by atomic mass is 16.5. The largest absolute Gasteiger partial charge is 0.493 e. The molecule has 0 unspecified atom stereocenters. The smallest absolute Gasteiger partial charge is 0.404 e. The summed E-state index contributed by atoms with van der Waals surface area (Å²) in [5, 5.41) is 15.1. The van der Waals surface area contributed by atoms with Gasteiger partial charge in [-0.05, 0) is 23.8 Å². The summed E-state index contributed by atoms with van der Waals surface area (Å²) in [6, 6.07) is 11.0. The van der Waals surface area contributed by atoms with Crippen molar-refractivity contribution in [1.29, 1.82) is 0 Å². The molecule has 0 aliphatic heterocycles. The predicted octanol–water partition coefficient (Wildman–Crippen LogP) is 3.35. The van der Waals surface area contributed by atoms with Gasteiger partial charge in [0.05, 0.1) is 37.3 Å². The quantitative estimate of drug-likeness (QED) is 0.527. The van der Waals surface area contributed by atoms with Crippen LogP contribution in [0.15, 0.2) is 42.6 Å². The Morgan fingerprint density at radius 2 is 1.81 bits per heavy atom. The molecule has 0 saturated carbocycles. The summed E-state index contributed by atoms with van der Waals surface area (Å²) >= 11 is 0. The maximum atomic E-state index is 10.6. The van der Waals surface area contributed by atoms with E-state index in [1.54, 1.807) is 26.5 Å². The van der Waals surface area contributed by atoms with Crippen LogP contribution in [0.3, 0.4) is 0 Å². The van der Waals surface area contributed by atoms with Gasteiger partial charge in [-0.25, -0.2) is 4.79 Å². The molecule has 0 bridgehead atoms. The molecule has 8 heteroatoms. The third-order valence-electron chi connectivity index (χ3n) is 4.07. The Labute approximate surface area is 155 Å². The molecule has 0 saturated heterocycles. The summed E-state index contributed by atoms with van der Waals surface area (Å²) in [7, 11) is 3.14. The van der Waals surface area contributed by atoms with Gasteiger partial charge >= 0.3 is 6.09 Å². The Hall–Kier alpha value is -3.68. The number of nitrogens with zero attached hydrogens (tertiary/aromatic N) is 1. The number of anilines is 3. The van der Waals surface area contributed by atoms with Crippen molar-refractivity contribution in [2.75, 3.05) is 25.3 Å². The Bertz CT molecular complexity index is 974. The van der Waals surface area contributed by atoms with Crippen LogP contribution in [-0.2, 0) is 6.54 Å². The van der Waals surface area contributed by atoms with Crippen LogP contribution < -0.4 is 25.8 Å². The molecule has 2 aromatic carbocycles. The van der Waals surface area contributed by atoms with Gasteiger partial charge in [0.2, 0.25) is 0 Å². The van der Waals surface area contributed by atoms with Gasteiger partial charge in [-0.1, -0.05) is 12.1 Å². The average molecular weight is 368 g/mol. The summed E-state index contributed by atoms with van der Waals surface area (Å²) in [6.07, 6.45) is 0.527. The first kappa shape index (κ1) is 18.1. The SMILES string of the molecule is COc1cc2ncc(N)c(Nc3ccc(CNC(=O)O)cc3)c2cc1OC. The fourth-order valence-electron chi connectivity index (χ4n) is 2.70. The van der Waals surface area contributed by atoms with Crippen LogP contribution in [0.5, 0.6) is 11.5 Å². The van der Waals surface area contributed by atoms with Crippen molar-refractivity contribution >= 4 is 34.1 Å². The summed E-state index contributed by atoms with van der Waals surface area (Å²) < 4.78 is 10.7. The first-order chi connectivity index (χ1) is 13.0. The van der Waals surface area contributed by atoms with E-state index in [1.165, 1.54) is 0 Å². The number of aromatic nitrogens is 1. The number of ether oxygens (including phenoxy) is 2. The lowest BCUT2D eigenvalue weighted by molar-refractivity contribution is 0.194. The summed E-state index contributed by atoms with van der Waals surface area (Å²) in [4.78, 5) is 14.9. The number of methoxy groups -OCH3 is 2. The van der Waals surface area contributed by atoms with Gasteiger partial charge in [-0.2, -0.15) is 0 Å². The fourth-order valence-corrected chi connectivity index (χ4v) is 2.70. The molecule has 3 aromatic rings. The molecule has 1 amide bonds. The zero-order valence-corrected chi connectivity index (χ0v) is 14.9. The molecular formula is C19H20N4O4. The minimum Gasteiger partial charge on any atom is -0.493 e. The number of carbonyl (C=O) groups is 1. The van der Waals surface area contributed by atoms with Gasteiger partial charge in [-0.15, -0.1) is 0 Å². The van der Waals surface area contributed by atoms with Gasteiger partial charge in [0.25, 0.3) is 0 Å². The molecular weight excluding hydrogens is 348 g/mol. The number of nitrogens with one attached hydrogen (secondary N) is 2. The highest BCUT2D eigenvalue weighted by Gasteiger charge is 2.13. The topological polar surface area (TPSA) is 119 Å². The highest BCUT2D eigenvalue weighted by molar-refractivity contribution is 6.00. The number of hydrogen-bond acceptors (Lipinski definition) is 6. The predicted molar refractivity (Wildman–Crippen MR) is 104 cm³/mol. The molecule has 0 aliphatic carbocycles. The van der Waals surface area contributed by atoms with Crippen LogP contribution in [0.1, 0.15) is 5.56 Å². The highest BCUT2D eigenvalue weighted by Crippen LogP contribution is 2.37. The van der Waals surface area contributed by atoms with E-state index < -0.39 is 6.09 Å². The van der Waals surface area contributed by atoms with Crippen LogP contribution in [0.25, 0.3) is 10.9 Å². The van der Waals surface area contributed by atoms with E-state index in [1.807, 2.05) is 30.3 Å². The number of rotatable bonds is 6. The van der Waals surface area contributed by atoms with Crippen molar-refractivity contribution in [3.8, 4) is 11.5 Å². The summed E-state index contributed by atoms with van der Waals surface area (Å²) in [5.74, 6) is 1.17. The zero-order chi connectivity index (χ0) is 19.4. The number of hydrogen-bond donors (Lipinski definition) is 4. The number of pyridine rings is 1. The molecule has 1 aromatic heterocycles. The molecule has 0 spiro atoms. The van der Waals surface area contributed by atoms with Crippen molar-refractivity contribution in [1.82, 2.24) is 10.3 Å². The first-order valence-corrected chi connectivity index (χ1v) is 8.14. The Kier molecular flexibility index (Phi) is 5.16. The van der Waals surface area contributed by atoms with E-state index >= 15 is 0 Å². The van der Waals surface area contributed by atoms with E-state index in [0.29, 0.717) is 28.4 Å². The fraction of sp³-hybridized carbons (Fsp3) is 0.158. The van der Waals surface area contributed by atoms with Crippen LogP contribution in [0.2, 0.25) is 0 Å². The van der Waals surface area contributed by atoms with E-state index in [4.69, 9.17) is 20.3 Å². The van der Waals surface area contributed by atoms with Crippen LogP contribution in [0, 0.1) is 0 Å². The van der Waals surface area contributed by atoms with E-state index in [2.05, 4.69) is 15.6 Å². The van der Waals surface area contributed by atoms with Gasteiger partial charge in [0.1, 0.15) is 0 Å². The number of fused-ring (bicyclic) bond motifs is 1. The standard InChI is InChI=1S/C19H20N4O4/c1-26-16-7-13-15(8-17(16)27-2)21-10-14(20)18(13)23-12-5-3-11(4-6-12)9-22-19(24)25/h3-8,10,22H,9,20H2,1-2H3,(H,21,23)(H,24,25). The minimum absolute atomic E-state index is 0.243. The second-order valence-corrected chi connectivity index (χ2v) is 5.79. The van der Waals surface area contributed by atoms with Crippen LogP contribution >= 0.6 is 0 Å². The van der Waals surface area contributed by atoms with E-state index in [9.17, 15) is 4.79 Å². The summed E-state index contributed by atoms with van der Waals surface area (Å²) in [6.45, 7) is 0.243. The number of carboxylic acid groups (broad SMARTS) is 1. The van der Waals surface area contributed by atoms with Gasteiger partial charge in [0, 0.05) is 23.7 Å². The van der Waals surface area contributed by atoms with Gasteiger partial charge in [0.15, 0.2) is 11.5 Å². The summed E-state index contributed by atoms with van der Waals surface area (Å²) in [5.41, 5.74) is 9.70. The lowest BCUT2D eigenvalue weighted by atomic mass is 10.1. The second-order valence-electron chi connectivity index (χ2n) is 5.79. The van der Waals surface area contributed by atoms with Gasteiger partial charge < -0.3 is 30.9 Å². The third-order valence-corrected chi connectivity index (χ3v) is 4.07. The van der Waals surface area contributed by atoms with Crippen LogP contribution in [0.4, 0.5) is 21.9 Å². The minimum atomic E-state index is -1.06. The van der Waals surface area contributed by atoms with E-state index in [0.717, 1.165) is 16.6 Å². The molecule has 1 heterocycles.